The van der Waals surface area contributed by atoms with Crippen molar-refractivity contribution in [3.63, 3.8) is 0 Å². The normalized spacial score (nSPS) is 22.9. The number of fused-ring (bicyclic) bond motifs is 1. The van der Waals surface area contributed by atoms with Gasteiger partial charge >= 0.3 is 0 Å². The monoisotopic (exact) mass is 219 g/mol. The highest BCUT2D eigenvalue weighted by Gasteiger charge is 2.38. The van der Waals surface area contributed by atoms with E-state index in [9.17, 15) is 0 Å². The summed E-state index contributed by atoms with van der Waals surface area (Å²) in [6, 6.07) is 6.53. The van der Waals surface area contributed by atoms with E-state index in [0.29, 0.717) is 0 Å². The molecule has 1 unspecified atom stereocenters. The van der Waals surface area contributed by atoms with E-state index in [-0.39, 0.29) is 5.41 Å². The molecule has 88 valence electrons. The lowest BCUT2D eigenvalue weighted by Crippen LogP contribution is -2.31. The minimum atomic E-state index is 0.227. The Bertz CT molecular complexity index is 375. The van der Waals surface area contributed by atoms with E-state index < -0.39 is 0 Å². The molecule has 0 saturated heterocycles. The zero-order valence-corrected chi connectivity index (χ0v) is 10.5. The molecular formula is C14H21NO. The van der Waals surface area contributed by atoms with E-state index >= 15 is 0 Å². The Labute approximate surface area is 98.0 Å². The van der Waals surface area contributed by atoms with Crippen LogP contribution in [0.3, 0.4) is 0 Å². The van der Waals surface area contributed by atoms with Crippen molar-refractivity contribution in [3.05, 3.63) is 29.3 Å². The largest absolute Gasteiger partial charge is 0.492 e. The van der Waals surface area contributed by atoms with Crippen LogP contribution in [0.5, 0.6) is 5.75 Å². The molecule has 0 fully saturated rings. The fourth-order valence-corrected chi connectivity index (χ4v) is 2.52. The van der Waals surface area contributed by atoms with Gasteiger partial charge in [-0.05, 0) is 39.4 Å². The quantitative estimate of drug-likeness (QED) is 0.840. The first-order valence-corrected chi connectivity index (χ1v) is 6.10. The van der Waals surface area contributed by atoms with Crippen LogP contribution in [0.15, 0.2) is 18.2 Å². The molecule has 0 spiro atoms. The van der Waals surface area contributed by atoms with Crippen LogP contribution in [0.2, 0.25) is 0 Å². The summed E-state index contributed by atoms with van der Waals surface area (Å²) in [6.07, 6.45) is 2.29. The number of hydrogen-bond donors (Lipinski definition) is 1. The van der Waals surface area contributed by atoms with Crippen LogP contribution < -0.4 is 10.1 Å². The second-order valence-electron chi connectivity index (χ2n) is 4.78. The maximum atomic E-state index is 5.83. The molecule has 1 aliphatic heterocycles. The molecule has 1 N–H and O–H groups in total. The summed E-state index contributed by atoms with van der Waals surface area (Å²) in [5, 5.41) is 3.24. The first-order valence-electron chi connectivity index (χ1n) is 6.10. The van der Waals surface area contributed by atoms with Crippen molar-refractivity contribution < 1.29 is 4.74 Å². The Hall–Kier alpha value is -1.02. The smallest absolute Gasteiger partial charge is 0.123 e. The molecule has 16 heavy (non-hydrogen) atoms. The molecule has 0 aromatic heterocycles. The third-order valence-electron chi connectivity index (χ3n) is 3.74. The predicted molar refractivity (Wildman–Crippen MR) is 67.2 cm³/mol. The van der Waals surface area contributed by atoms with Gasteiger partial charge in [-0.15, -0.1) is 0 Å². The van der Waals surface area contributed by atoms with E-state index in [2.05, 4.69) is 37.4 Å². The Balaban J connectivity index is 2.34. The summed E-state index contributed by atoms with van der Waals surface area (Å²) in [5.74, 6) is 1.09. The molecule has 2 rings (SSSR count). The summed E-state index contributed by atoms with van der Waals surface area (Å²) in [7, 11) is 2.01. The van der Waals surface area contributed by atoms with Gasteiger partial charge in [0.1, 0.15) is 5.75 Å². The van der Waals surface area contributed by atoms with E-state index in [1.54, 1.807) is 0 Å². The van der Waals surface area contributed by atoms with Gasteiger partial charge < -0.3 is 10.1 Å². The van der Waals surface area contributed by atoms with Crippen molar-refractivity contribution in [3.8, 4) is 5.75 Å². The zero-order chi connectivity index (χ0) is 11.6. The van der Waals surface area contributed by atoms with E-state index in [0.717, 1.165) is 31.7 Å². The molecule has 0 bridgehead atoms. The summed E-state index contributed by atoms with van der Waals surface area (Å²) >= 11 is 0. The fourth-order valence-electron chi connectivity index (χ4n) is 2.52. The number of hydrogen-bond acceptors (Lipinski definition) is 2. The molecule has 1 aliphatic rings. The average molecular weight is 219 g/mol. The topological polar surface area (TPSA) is 21.3 Å². The Kier molecular flexibility index (Phi) is 3.20. The van der Waals surface area contributed by atoms with Gasteiger partial charge in [-0.1, -0.05) is 24.6 Å². The van der Waals surface area contributed by atoms with Gasteiger partial charge in [0.05, 0.1) is 6.61 Å². The second kappa shape index (κ2) is 4.46. The molecule has 0 saturated carbocycles. The van der Waals surface area contributed by atoms with E-state index in [1.165, 1.54) is 11.1 Å². The minimum absolute atomic E-state index is 0.227. The highest BCUT2D eigenvalue weighted by Crippen LogP contribution is 2.43. The molecular weight excluding hydrogens is 198 g/mol. The Morgan fingerprint density at radius 2 is 2.25 bits per heavy atom. The summed E-state index contributed by atoms with van der Waals surface area (Å²) in [4.78, 5) is 0. The molecule has 1 aromatic carbocycles. The number of nitrogens with one attached hydrogen (secondary N) is 1. The van der Waals surface area contributed by atoms with Gasteiger partial charge in [0.25, 0.3) is 0 Å². The lowest BCUT2D eigenvalue weighted by atomic mass is 9.77. The van der Waals surface area contributed by atoms with Gasteiger partial charge in [-0.25, -0.2) is 0 Å². The maximum absolute atomic E-state index is 5.83. The fraction of sp³-hybridized carbons (Fsp3) is 0.571. The predicted octanol–water partition coefficient (Wildman–Crippen LogP) is 2.64. The maximum Gasteiger partial charge on any atom is 0.123 e. The molecule has 1 aromatic rings. The van der Waals surface area contributed by atoms with Crippen LogP contribution in [-0.2, 0) is 5.41 Å². The van der Waals surface area contributed by atoms with Gasteiger partial charge in [0.2, 0.25) is 0 Å². The lowest BCUT2D eigenvalue weighted by Gasteiger charge is -2.26. The third kappa shape index (κ3) is 1.82. The van der Waals surface area contributed by atoms with E-state index in [4.69, 9.17) is 4.74 Å². The molecule has 1 atom stereocenters. The van der Waals surface area contributed by atoms with Crippen molar-refractivity contribution in [2.75, 3.05) is 20.2 Å². The van der Waals surface area contributed by atoms with Crippen LogP contribution >= 0.6 is 0 Å². The Morgan fingerprint density at radius 1 is 1.44 bits per heavy atom. The van der Waals surface area contributed by atoms with Gasteiger partial charge in [-0.2, -0.15) is 0 Å². The minimum Gasteiger partial charge on any atom is -0.492 e. The molecule has 2 nitrogen and oxygen atoms in total. The van der Waals surface area contributed by atoms with Crippen molar-refractivity contribution >= 4 is 0 Å². The van der Waals surface area contributed by atoms with Crippen molar-refractivity contribution in [2.45, 2.75) is 32.1 Å². The molecule has 0 aliphatic carbocycles. The molecule has 0 amide bonds. The van der Waals surface area contributed by atoms with Crippen LogP contribution in [0.4, 0.5) is 0 Å². The molecule has 1 heterocycles. The van der Waals surface area contributed by atoms with E-state index in [1.807, 2.05) is 7.05 Å². The van der Waals surface area contributed by atoms with Crippen molar-refractivity contribution in [1.29, 1.82) is 0 Å². The first kappa shape index (κ1) is 11.5. The van der Waals surface area contributed by atoms with Gasteiger partial charge in [0.15, 0.2) is 0 Å². The average Bonchev–Trinajstić information content (AvgIpc) is 2.66. The van der Waals surface area contributed by atoms with Crippen molar-refractivity contribution in [1.82, 2.24) is 5.32 Å². The zero-order valence-electron chi connectivity index (χ0n) is 10.5. The van der Waals surface area contributed by atoms with Gasteiger partial charge in [0, 0.05) is 11.0 Å². The summed E-state index contributed by atoms with van der Waals surface area (Å²) in [6.45, 7) is 6.29. The number of rotatable bonds is 4. The SMILES string of the molecule is CCC1(CCNC)COc2ccc(C)cc21. The number of ether oxygens (including phenoxy) is 1. The van der Waals surface area contributed by atoms with Gasteiger partial charge in [-0.3, -0.25) is 0 Å². The van der Waals surface area contributed by atoms with Crippen LogP contribution in [0.25, 0.3) is 0 Å². The number of benzene rings is 1. The molecule has 0 radical (unpaired) electrons. The third-order valence-corrected chi connectivity index (χ3v) is 3.74. The Morgan fingerprint density at radius 3 is 2.94 bits per heavy atom. The highest BCUT2D eigenvalue weighted by atomic mass is 16.5. The van der Waals surface area contributed by atoms with Crippen molar-refractivity contribution in [2.24, 2.45) is 0 Å². The molecule has 2 heteroatoms. The lowest BCUT2D eigenvalue weighted by molar-refractivity contribution is 0.247. The summed E-state index contributed by atoms with van der Waals surface area (Å²) < 4.78 is 5.83. The highest BCUT2D eigenvalue weighted by molar-refractivity contribution is 5.45. The summed E-state index contributed by atoms with van der Waals surface area (Å²) in [5.41, 5.74) is 2.96. The second-order valence-corrected chi connectivity index (χ2v) is 4.78. The van der Waals surface area contributed by atoms with Crippen LogP contribution in [-0.4, -0.2) is 20.2 Å². The van der Waals surface area contributed by atoms with Crippen LogP contribution in [0.1, 0.15) is 30.9 Å². The first-order chi connectivity index (χ1) is 7.72. The number of aryl methyl sites for hydroxylation is 1. The van der Waals surface area contributed by atoms with Crippen LogP contribution in [0, 0.1) is 6.92 Å². The standard InChI is InChI=1S/C14H21NO/c1-4-14(7-8-15-3)10-16-13-6-5-11(2)9-12(13)14/h5-6,9,15H,4,7-8,10H2,1-3H3.